The Morgan fingerprint density at radius 2 is 1.88 bits per heavy atom. The summed E-state index contributed by atoms with van der Waals surface area (Å²) in [6, 6.07) is 8.37. The van der Waals surface area contributed by atoms with E-state index in [0.29, 0.717) is 6.42 Å². The maximum Gasteiger partial charge on any atom is 0.407 e. The van der Waals surface area contributed by atoms with Gasteiger partial charge in [-0.1, -0.05) is 50.6 Å². The van der Waals surface area contributed by atoms with E-state index in [0.717, 1.165) is 5.56 Å². The minimum atomic E-state index is -1.11. The minimum absolute atomic E-state index is 0.110. The van der Waals surface area contributed by atoms with Gasteiger partial charge in [0.05, 0.1) is 12.5 Å². The van der Waals surface area contributed by atoms with Crippen LogP contribution in [0.2, 0.25) is 0 Å². The fourth-order valence-corrected chi connectivity index (χ4v) is 2.22. The Labute approximate surface area is 153 Å². The first-order valence-electron chi connectivity index (χ1n) is 8.54. The number of aliphatic hydroxyl groups excluding tert-OH is 1. The number of hydrogen-bond donors (Lipinski definition) is 4. The number of hydrogen-bond acceptors (Lipinski definition) is 5. The molecule has 0 aliphatic rings. The van der Waals surface area contributed by atoms with Gasteiger partial charge >= 0.3 is 6.09 Å². The van der Waals surface area contributed by atoms with Crippen LogP contribution in [0.25, 0.3) is 0 Å². The lowest BCUT2D eigenvalue weighted by atomic mass is 9.98. The van der Waals surface area contributed by atoms with Crippen molar-refractivity contribution in [3.05, 3.63) is 35.9 Å². The third-order valence-electron chi connectivity index (χ3n) is 3.95. The summed E-state index contributed by atoms with van der Waals surface area (Å²) in [5, 5.41) is 14.8. The van der Waals surface area contributed by atoms with Gasteiger partial charge in [-0.15, -0.1) is 0 Å². The second-order valence-electron chi connectivity index (χ2n) is 6.13. The second kappa shape index (κ2) is 11.1. The van der Waals surface area contributed by atoms with Gasteiger partial charge in [-0.3, -0.25) is 9.59 Å². The molecule has 0 bridgehead atoms. The molecule has 144 valence electrons. The van der Waals surface area contributed by atoms with E-state index in [-0.39, 0.29) is 25.5 Å². The fraction of sp³-hybridized carbons (Fsp3) is 0.500. The number of carbonyl (C=O) groups is 3. The van der Waals surface area contributed by atoms with Gasteiger partial charge in [-0.2, -0.15) is 0 Å². The smallest absolute Gasteiger partial charge is 0.407 e. The van der Waals surface area contributed by atoms with Crippen molar-refractivity contribution >= 4 is 17.9 Å². The summed E-state index contributed by atoms with van der Waals surface area (Å²) in [5.41, 5.74) is 6.12. The van der Waals surface area contributed by atoms with Crippen LogP contribution in [0.15, 0.2) is 30.3 Å². The summed E-state index contributed by atoms with van der Waals surface area (Å²) < 4.78 is 5.00. The van der Waals surface area contributed by atoms with Gasteiger partial charge in [-0.05, 0) is 11.5 Å². The number of benzene rings is 1. The number of nitrogens with one attached hydrogen (secondary N) is 2. The molecule has 0 radical (unpaired) electrons. The number of ether oxygens (including phenoxy) is 1. The molecule has 1 rings (SSSR count). The summed E-state index contributed by atoms with van der Waals surface area (Å²) in [5.74, 6) is -1.24. The van der Waals surface area contributed by atoms with Crippen LogP contribution in [0.5, 0.6) is 0 Å². The highest BCUT2D eigenvalue weighted by Crippen LogP contribution is 2.08. The van der Waals surface area contributed by atoms with E-state index in [4.69, 9.17) is 10.5 Å². The highest BCUT2D eigenvalue weighted by molar-refractivity contribution is 5.87. The molecule has 8 nitrogen and oxygen atoms in total. The molecule has 0 aliphatic carbocycles. The molecule has 0 unspecified atom stereocenters. The second-order valence-corrected chi connectivity index (χ2v) is 6.13. The lowest BCUT2D eigenvalue weighted by Crippen LogP contribution is -2.49. The topological polar surface area (TPSA) is 131 Å². The van der Waals surface area contributed by atoms with Crippen LogP contribution < -0.4 is 16.4 Å². The number of nitrogens with two attached hydrogens (primary N) is 1. The van der Waals surface area contributed by atoms with Gasteiger partial charge in [0.25, 0.3) is 0 Å². The van der Waals surface area contributed by atoms with Crippen LogP contribution in [-0.2, 0) is 20.9 Å². The van der Waals surface area contributed by atoms with E-state index in [1.807, 2.05) is 37.3 Å². The Balaban J connectivity index is 2.31. The number of amides is 3. The molecule has 5 N–H and O–H groups in total. The molecule has 0 aliphatic heterocycles. The van der Waals surface area contributed by atoms with Crippen LogP contribution in [0.3, 0.4) is 0 Å². The molecule has 0 saturated carbocycles. The Hall–Kier alpha value is -2.61. The lowest BCUT2D eigenvalue weighted by molar-refractivity contribution is -0.129. The molecule has 3 amide bonds. The molecule has 26 heavy (non-hydrogen) atoms. The lowest BCUT2D eigenvalue weighted by Gasteiger charge is -2.22. The first-order chi connectivity index (χ1) is 12.3. The first-order valence-corrected chi connectivity index (χ1v) is 8.54. The maximum atomic E-state index is 11.9. The van der Waals surface area contributed by atoms with Gasteiger partial charge in [0.15, 0.2) is 0 Å². The zero-order valence-electron chi connectivity index (χ0n) is 15.1. The molecule has 0 aromatic heterocycles. The zero-order valence-corrected chi connectivity index (χ0v) is 15.1. The highest BCUT2D eigenvalue weighted by atomic mass is 16.5. The van der Waals surface area contributed by atoms with Crippen molar-refractivity contribution in [2.75, 3.05) is 6.54 Å². The summed E-state index contributed by atoms with van der Waals surface area (Å²) in [6.07, 6.45) is -1.39. The average molecular weight is 365 g/mol. The van der Waals surface area contributed by atoms with Gasteiger partial charge in [0, 0.05) is 6.54 Å². The highest BCUT2D eigenvalue weighted by Gasteiger charge is 2.24. The van der Waals surface area contributed by atoms with E-state index < -0.39 is 30.1 Å². The maximum absolute atomic E-state index is 11.9. The molecule has 1 aromatic rings. The third kappa shape index (κ3) is 7.98. The van der Waals surface area contributed by atoms with Crippen molar-refractivity contribution in [3.63, 3.8) is 0 Å². The van der Waals surface area contributed by atoms with Gasteiger partial charge in [0.1, 0.15) is 12.6 Å². The third-order valence-corrected chi connectivity index (χ3v) is 3.95. The van der Waals surface area contributed by atoms with Crippen molar-refractivity contribution < 1.29 is 24.2 Å². The van der Waals surface area contributed by atoms with E-state index in [2.05, 4.69) is 10.6 Å². The molecule has 1 aromatic carbocycles. The summed E-state index contributed by atoms with van der Waals surface area (Å²) in [6.45, 7) is 3.65. The zero-order chi connectivity index (χ0) is 19.5. The molecule has 0 heterocycles. The predicted octanol–water partition coefficient (Wildman–Crippen LogP) is 0.680. The first kappa shape index (κ1) is 21.4. The van der Waals surface area contributed by atoms with Crippen LogP contribution in [0.4, 0.5) is 4.79 Å². The summed E-state index contributed by atoms with van der Waals surface area (Å²) >= 11 is 0. The quantitative estimate of drug-likeness (QED) is 0.484. The van der Waals surface area contributed by atoms with Crippen LogP contribution in [0.1, 0.15) is 32.3 Å². The van der Waals surface area contributed by atoms with E-state index in [9.17, 15) is 19.5 Å². The predicted molar refractivity (Wildman–Crippen MR) is 95.8 cm³/mol. The Morgan fingerprint density at radius 1 is 1.23 bits per heavy atom. The number of alkyl carbamates (subject to hydrolysis) is 1. The SMILES string of the molecule is CC[C@@H](C)[C@@H](NC(=O)C[C@@H](O)CNC(=O)OCc1ccccc1)C(N)=O. The normalized spacial score (nSPS) is 14.0. The molecule has 8 heteroatoms. The van der Waals surface area contributed by atoms with Crippen molar-refractivity contribution in [1.29, 1.82) is 0 Å². The molecule has 3 atom stereocenters. The van der Waals surface area contributed by atoms with E-state index in [1.54, 1.807) is 6.92 Å². The number of aliphatic hydroxyl groups is 1. The largest absolute Gasteiger partial charge is 0.445 e. The van der Waals surface area contributed by atoms with Crippen molar-refractivity contribution in [3.8, 4) is 0 Å². The van der Waals surface area contributed by atoms with Gasteiger partial charge < -0.3 is 26.2 Å². The Bertz CT molecular complexity index is 594. The van der Waals surface area contributed by atoms with Gasteiger partial charge in [0.2, 0.25) is 11.8 Å². The summed E-state index contributed by atoms with van der Waals surface area (Å²) in [4.78, 5) is 34.9. The molecule has 0 saturated heterocycles. The molecular weight excluding hydrogens is 338 g/mol. The average Bonchev–Trinajstić information content (AvgIpc) is 2.62. The minimum Gasteiger partial charge on any atom is -0.445 e. The van der Waals surface area contributed by atoms with Crippen LogP contribution in [-0.4, -0.2) is 41.7 Å². The number of rotatable bonds is 10. The Morgan fingerprint density at radius 3 is 2.46 bits per heavy atom. The fourth-order valence-electron chi connectivity index (χ4n) is 2.22. The van der Waals surface area contributed by atoms with Crippen molar-refractivity contribution in [1.82, 2.24) is 10.6 Å². The number of primary amides is 1. The van der Waals surface area contributed by atoms with Crippen LogP contribution in [0, 0.1) is 5.92 Å². The number of carbonyl (C=O) groups excluding carboxylic acids is 3. The molecule has 0 fully saturated rings. The summed E-state index contributed by atoms with van der Waals surface area (Å²) in [7, 11) is 0. The molecular formula is C18H27N3O5. The van der Waals surface area contributed by atoms with E-state index in [1.165, 1.54) is 0 Å². The Kier molecular flexibility index (Phi) is 9.14. The van der Waals surface area contributed by atoms with E-state index >= 15 is 0 Å². The van der Waals surface area contributed by atoms with Crippen LogP contribution >= 0.6 is 0 Å². The van der Waals surface area contributed by atoms with Crippen molar-refractivity contribution in [2.45, 2.75) is 45.4 Å². The monoisotopic (exact) mass is 365 g/mol. The standard InChI is InChI=1S/C18H27N3O5/c1-3-12(2)16(17(19)24)21-15(23)9-14(22)10-20-18(25)26-11-13-7-5-4-6-8-13/h4-8,12,14,16,22H,3,9-11H2,1-2H3,(H2,19,24)(H,20,25)(H,21,23)/t12-,14-,16-/m1/s1. The van der Waals surface area contributed by atoms with Crippen molar-refractivity contribution in [2.24, 2.45) is 11.7 Å². The van der Waals surface area contributed by atoms with Gasteiger partial charge in [-0.25, -0.2) is 4.79 Å². The molecule has 0 spiro atoms.